The van der Waals surface area contributed by atoms with Crippen molar-refractivity contribution in [2.75, 3.05) is 0 Å². The second-order valence-electron chi connectivity index (χ2n) is 4.40. The fraction of sp³-hybridized carbons (Fsp3) is 0.133. The number of hydrogen-bond donors (Lipinski definition) is 0. The predicted octanol–water partition coefficient (Wildman–Crippen LogP) is 3.55. The number of hydrogen-bond acceptors (Lipinski definition) is 1. The Morgan fingerprint density at radius 3 is 2.47 bits per heavy atom. The zero-order valence-corrected chi connectivity index (χ0v) is 10.0. The van der Waals surface area contributed by atoms with Gasteiger partial charge < -0.3 is 4.57 Å². The average molecular weight is 222 g/mol. The first kappa shape index (κ1) is 10.1. The van der Waals surface area contributed by atoms with E-state index in [0.29, 0.717) is 0 Å². The Kier molecular flexibility index (Phi) is 2.22. The third-order valence-corrected chi connectivity index (χ3v) is 3.06. The van der Waals surface area contributed by atoms with Gasteiger partial charge in [-0.05, 0) is 25.1 Å². The highest BCUT2D eigenvalue weighted by molar-refractivity contribution is 5.79. The lowest BCUT2D eigenvalue weighted by Crippen LogP contribution is -1.90. The second kappa shape index (κ2) is 3.74. The van der Waals surface area contributed by atoms with E-state index in [-0.39, 0.29) is 0 Å². The van der Waals surface area contributed by atoms with E-state index in [4.69, 9.17) is 4.98 Å². The molecule has 0 bridgehead atoms. The van der Waals surface area contributed by atoms with Gasteiger partial charge in [0.05, 0.1) is 5.69 Å². The van der Waals surface area contributed by atoms with Crippen LogP contribution in [0.2, 0.25) is 0 Å². The van der Waals surface area contributed by atoms with Crippen LogP contribution in [0.5, 0.6) is 0 Å². The first-order valence-electron chi connectivity index (χ1n) is 5.73. The summed E-state index contributed by atoms with van der Waals surface area (Å²) in [7, 11) is 2.02. The minimum Gasteiger partial charge on any atom is -0.336 e. The zero-order chi connectivity index (χ0) is 11.8. The van der Waals surface area contributed by atoms with Crippen molar-refractivity contribution >= 4 is 11.0 Å². The molecule has 0 aliphatic carbocycles. The van der Waals surface area contributed by atoms with E-state index in [1.165, 1.54) is 16.5 Å². The molecule has 1 aromatic carbocycles. The van der Waals surface area contributed by atoms with Gasteiger partial charge in [-0.15, -0.1) is 0 Å². The molecule has 0 saturated carbocycles. The van der Waals surface area contributed by atoms with Gasteiger partial charge in [0.25, 0.3) is 0 Å². The van der Waals surface area contributed by atoms with Crippen molar-refractivity contribution in [3.05, 3.63) is 54.2 Å². The molecule has 0 radical (unpaired) electrons. The molecule has 3 rings (SSSR count). The van der Waals surface area contributed by atoms with Gasteiger partial charge in [-0.3, -0.25) is 0 Å². The number of aromatic nitrogens is 2. The van der Waals surface area contributed by atoms with Crippen molar-refractivity contribution < 1.29 is 0 Å². The molecule has 2 heteroatoms. The van der Waals surface area contributed by atoms with Crippen LogP contribution in [0.4, 0.5) is 0 Å². The lowest BCUT2D eigenvalue weighted by Gasteiger charge is -2.03. The van der Waals surface area contributed by atoms with Crippen molar-refractivity contribution in [3.8, 4) is 11.3 Å². The normalized spacial score (nSPS) is 10.9. The Balaban J connectivity index is 2.17. The van der Waals surface area contributed by atoms with Crippen LogP contribution in [0, 0.1) is 6.92 Å². The summed E-state index contributed by atoms with van der Waals surface area (Å²) in [4.78, 5) is 4.70. The van der Waals surface area contributed by atoms with E-state index in [2.05, 4.69) is 49.4 Å². The molecule has 0 N–H and O–H groups in total. The lowest BCUT2D eigenvalue weighted by atomic mass is 10.1. The van der Waals surface area contributed by atoms with Crippen molar-refractivity contribution in [3.63, 3.8) is 0 Å². The van der Waals surface area contributed by atoms with Gasteiger partial charge in [0.15, 0.2) is 0 Å². The molecule has 0 amide bonds. The fourth-order valence-corrected chi connectivity index (χ4v) is 2.02. The Morgan fingerprint density at radius 2 is 1.71 bits per heavy atom. The van der Waals surface area contributed by atoms with Crippen LogP contribution in [0.1, 0.15) is 5.56 Å². The predicted molar refractivity (Wildman–Crippen MR) is 70.9 cm³/mol. The van der Waals surface area contributed by atoms with Gasteiger partial charge >= 0.3 is 0 Å². The molecule has 0 aliphatic rings. The van der Waals surface area contributed by atoms with E-state index < -0.39 is 0 Å². The smallest absolute Gasteiger partial charge is 0.140 e. The molecular formula is C15H14N2. The third kappa shape index (κ3) is 1.72. The van der Waals surface area contributed by atoms with Crippen molar-refractivity contribution in [2.45, 2.75) is 6.92 Å². The summed E-state index contributed by atoms with van der Waals surface area (Å²) in [6.45, 7) is 2.09. The molecule has 0 spiro atoms. The van der Waals surface area contributed by atoms with Crippen LogP contribution in [0.15, 0.2) is 48.7 Å². The molecule has 2 aromatic heterocycles. The minimum atomic E-state index is 1.03. The molecular weight excluding hydrogens is 208 g/mol. The first-order chi connectivity index (χ1) is 8.24. The van der Waals surface area contributed by atoms with Crippen LogP contribution in [-0.2, 0) is 7.05 Å². The minimum absolute atomic E-state index is 1.03. The number of nitrogens with zero attached hydrogens (tertiary/aromatic N) is 2. The van der Waals surface area contributed by atoms with Gasteiger partial charge in [0, 0.05) is 24.2 Å². The Labute approximate surface area is 101 Å². The lowest BCUT2D eigenvalue weighted by molar-refractivity contribution is 0.949. The highest BCUT2D eigenvalue weighted by Crippen LogP contribution is 2.21. The van der Waals surface area contributed by atoms with Crippen molar-refractivity contribution in [1.82, 2.24) is 9.55 Å². The topological polar surface area (TPSA) is 17.8 Å². The van der Waals surface area contributed by atoms with Crippen LogP contribution in [-0.4, -0.2) is 9.55 Å². The van der Waals surface area contributed by atoms with Gasteiger partial charge in [0.2, 0.25) is 0 Å². The maximum Gasteiger partial charge on any atom is 0.140 e. The molecule has 0 fully saturated rings. The van der Waals surface area contributed by atoms with Crippen LogP contribution in [0.25, 0.3) is 22.3 Å². The first-order valence-corrected chi connectivity index (χ1v) is 5.73. The van der Waals surface area contributed by atoms with Crippen molar-refractivity contribution in [1.29, 1.82) is 0 Å². The summed E-state index contributed by atoms with van der Waals surface area (Å²) in [5, 5.41) is 1.18. The number of rotatable bonds is 1. The summed E-state index contributed by atoms with van der Waals surface area (Å²) in [5.74, 6) is 0. The second-order valence-corrected chi connectivity index (χ2v) is 4.40. The SMILES string of the molecule is Cc1ccc(-c2ccc3ccn(C)c3n2)cc1. The molecule has 2 heterocycles. The number of pyridine rings is 1. The highest BCUT2D eigenvalue weighted by Gasteiger charge is 2.03. The van der Waals surface area contributed by atoms with Crippen molar-refractivity contribution in [2.24, 2.45) is 7.05 Å². The Bertz CT molecular complexity index is 663. The van der Waals surface area contributed by atoms with E-state index in [1.807, 2.05) is 17.8 Å². The molecule has 17 heavy (non-hydrogen) atoms. The van der Waals surface area contributed by atoms with E-state index in [9.17, 15) is 0 Å². The van der Waals surface area contributed by atoms with Gasteiger partial charge in [-0.25, -0.2) is 4.98 Å². The van der Waals surface area contributed by atoms with Gasteiger partial charge in [-0.2, -0.15) is 0 Å². The van der Waals surface area contributed by atoms with Crippen LogP contribution >= 0.6 is 0 Å². The van der Waals surface area contributed by atoms with Gasteiger partial charge in [0.1, 0.15) is 5.65 Å². The van der Waals surface area contributed by atoms with E-state index in [0.717, 1.165) is 11.3 Å². The number of benzene rings is 1. The maximum absolute atomic E-state index is 4.70. The molecule has 0 atom stereocenters. The molecule has 0 aliphatic heterocycles. The monoisotopic (exact) mass is 222 g/mol. The highest BCUT2D eigenvalue weighted by atomic mass is 15.0. The standard InChI is InChI=1S/C15H14N2/c1-11-3-5-12(6-4-11)14-8-7-13-9-10-17(2)15(13)16-14/h3-10H,1-2H3. The van der Waals surface area contributed by atoms with E-state index in [1.54, 1.807) is 0 Å². The summed E-state index contributed by atoms with van der Waals surface area (Å²) >= 11 is 0. The molecule has 84 valence electrons. The Hall–Kier alpha value is -2.09. The molecule has 2 nitrogen and oxygen atoms in total. The molecule has 0 unspecified atom stereocenters. The third-order valence-electron chi connectivity index (χ3n) is 3.06. The number of aryl methyl sites for hydroxylation is 2. The number of fused-ring (bicyclic) bond motifs is 1. The van der Waals surface area contributed by atoms with Crippen LogP contribution < -0.4 is 0 Å². The summed E-state index contributed by atoms with van der Waals surface area (Å²) in [6.07, 6.45) is 2.04. The average Bonchev–Trinajstić information content (AvgIpc) is 2.72. The van der Waals surface area contributed by atoms with Gasteiger partial charge in [-0.1, -0.05) is 29.8 Å². The largest absolute Gasteiger partial charge is 0.336 e. The zero-order valence-electron chi connectivity index (χ0n) is 10.0. The summed E-state index contributed by atoms with van der Waals surface area (Å²) < 4.78 is 2.05. The van der Waals surface area contributed by atoms with Crippen LogP contribution in [0.3, 0.4) is 0 Å². The molecule has 3 aromatic rings. The fourth-order valence-electron chi connectivity index (χ4n) is 2.02. The maximum atomic E-state index is 4.70. The quantitative estimate of drug-likeness (QED) is 0.615. The summed E-state index contributed by atoms with van der Waals surface area (Å²) in [6, 6.07) is 14.8. The molecule has 0 saturated heterocycles. The Morgan fingerprint density at radius 1 is 0.941 bits per heavy atom. The van der Waals surface area contributed by atoms with E-state index >= 15 is 0 Å². The summed E-state index contributed by atoms with van der Waals surface area (Å²) in [5.41, 5.74) is 4.50.